The van der Waals surface area contributed by atoms with Gasteiger partial charge in [-0.15, -0.1) is 11.3 Å². The van der Waals surface area contributed by atoms with Crippen LogP contribution >= 0.6 is 11.3 Å². The number of benzene rings is 1. The van der Waals surface area contributed by atoms with Crippen LogP contribution < -0.4 is 10.9 Å². The van der Waals surface area contributed by atoms with Crippen molar-refractivity contribution < 1.29 is 0 Å². The third kappa shape index (κ3) is 2.54. The van der Waals surface area contributed by atoms with Gasteiger partial charge >= 0.3 is 0 Å². The molecular formula is C14H15N3S. The maximum Gasteiger partial charge on any atom is 0.202 e. The first-order valence-corrected chi connectivity index (χ1v) is 7.02. The Hall–Kier alpha value is -1.81. The Balaban J connectivity index is 1.66. The van der Waals surface area contributed by atoms with Gasteiger partial charge in [0.05, 0.1) is 5.69 Å². The Bertz CT molecular complexity index is 545. The van der Waals surface area contributed by atoms with Gasteiger partial charge < -0.3 is 5.43 Å². The Morgan fingerprint density at radius 2 is 2.00 bits per heavy atom. The number of anilines is 1. The minimum Gasteiger partial charge on any atom is -0.303 e. The summed E-state index contributed by atoms with van der Waals surface area (Å²) < 4.78 is 0. The van der Waals surface area contributed by atoms with Gasteiger partial charge in [0.2, 0.25) is 5.13 Å². The fraction of sp³-hybridized carbons (Fsp3) is 0.214. The summed E-state index contributed by atoms with van der Waals surface area (Å²) in [5.41, 5.74) is 9.83. The fourth-order valence-electron chi connectivity index (χ4n) is 1.99. The topological polar surface area (TPSA) is 37.0 Å². The van der Waals surface area contributed by atoms with Crippen LogP contribution in [0.5, 0.6) is 0 Å². The first kappa shape index (κ1) is 11.3. The highest BCUT2D eigenvalue weighted by atomic mass is 32.1. The van der Waals surface area contributed by atoms with E-state index in [2.05, 4.69) is 39.4 Å². The minimum absolute atomic E-state index is 0.904. The molecule has 1 aromatic carbocycles. The average Bonchev–Trinajstić information content (AvgIpc) is 3.09. The summed E-state index contributed by atoms with van der Waals surface area (Å²) in [4.78, 5) is 4.56. The van der Waals surface area contributed by atoms with Crippen LogP contribution in [0.15, 0.2) is 47.5 Å². The van der Waals surface area contributed by atoms with Gasteiger partial charge in [-0.05, 0) is 19.3 Å². The van der Waals surface area contributed by atoms with E-state index in [1.165, 1.54) is 18.5 Å². The maximum atomic E-state index is 4.56. The van der Waals surface area contributed by atoms with E-state index in [0.29, 0.717) is 0 Å². The summed E-state index contributed by atoms with van der Waals surface area (Å²) in [5, 5.41) is 2.98. The number of nitrogens with one attached hydrogen (secondary N) is 2. The molecule has 4 heteroatoms. The molecular weight excluding hydrogens is 242 g/mol. The van der Waals surface area contributed by atoms with Crippen molar-refractivity contribution in [2.75, 3.05) is 5.43 Å². The molecule has 0 aliphatic heterocycles. The van der Waals surface area contributed by atoms with Crippen LogP contribution in [0, 0.1) is 0 Å². The minimum atomic E-state index is 0.904. The maximum absolute atomic E-state index is 4.56. The number of hydrogen-bond acceptors (Lipinski definition) is 4. The summed E-state index contributed by atoms with van der Waals surface area (Å²) in [6.45, 7) is 0. The molecule has 0 saturated heterocycles. The SMILES string of the molecule is C1=C(NNc2nc(-c3ccccc3)cs2)CCC1. The van der Waals surface area contributed by atoms with E-state index in [4.69, 9.17) is 0 Å². The van der Waals surface area contributed by atoms with Gasteiger partial charge in [0, 0.05) is 16.6 Å². The average molecular weight is 257 g/mol. The van der Waals surface area contributed by atoms with Gasteiger partial charge in [-0.3, -0.25) is 5.43 Å². The molecule has 0 spiro atoms. The molecule has 1 aliphatic rings. The van der Waals surface area contributed by atoms with Crippen molar-refractivity contribution >= 4 is 16.5 Å². The second kappa shape index (κ2) is 5.23. The second-order valence-electron chi connectivity index (χ2n) is 4.28. The van der Waals surface area contributed by atoms with E-state index in [1.54, 1.807) is 11.3 Å². The first-order chi connectivity index (χ1) is 8.92. The quantitative estimate of drug-likeness (QED) is 0.818. The number of hydrogen-bond donors (Lipinski definition) is 2. The fourth-order valence-corrected chi connectivity index (χ4v) is 2.66. The molecule has 0 saturated carbocycles. The van der Waals surface area contributed by atoms with Crippen molar-refractivity contribution in [2.24, 2.45) is 0 Å². The van der Waals surface area contributed by atoms with Crippen LogP contribution in [0.1, 0.15) is 19.3 Å². The van der Waals surface area contributed by atoms with Crippen LogP contribution in [0.2, 0.25) is 0 Å². The van der Waals surface area contributed by atoms with E-state index in [-0.39, 0.29) is 0 Å². The van der Waals surface area contributed by atoms with Gasteiger partial charge in [-0.25, -0.2) is 4.98 Å². The standard InChI is InChI=1S/C14H15N3S/c1-2-6-11(7-3-1)13-10-18-14(15-13)17-16-12-8-4-5-9-12/h1-3,6-8,10,16H,4-5,9H2,(H,15,17). The molecule has 1 aliphatic carbocycles. The zero-order chi connectivity index (χ0) is 12.2. The Morgan fingerprint density at radius 1 is 1.11 bits per heavy atom. The Kier molecular flexibility index (Phi) is 3.28. The Morgan fingerprint density at radius 3 is 2.78 bits per heavy atom. The molecule has 92 valence electrons. The van der Waals surface area contributed by atoms with Crippen LogP contribution in [0.25, 0.3) is 11.3 Å². The molecule has 0 amide bonds. The summed E-state index contributed by atoms with van der Waals surface area (Å²) in [6.07, 6.45) is 5.79. The second-order valence-corrected chi connectivity index (χ2v) is 5.13. The highest BCUT2D eigenvalue weighted by Crippen LogP contribution is 2.24. The molecule has 3 rings (SSSR count). The van der Waals surface area contributed by atoms with Gasteiger partial charge in [0.25, 0.3) is 0 Å². The lowest BCUT2D eigenvalue weighted by atomic mass is 10.2. The van der Waals surface area contributed by atoms with Crippen LogP contribution in [-0.4, -0.2) is 4.98 Å². The predicted octanol–water partition coefficient (Wildman–Crippen LogP) is 3.79. The van der Waals surface area contributed by atoms with Crippen molar-refractivity contribution in [2.45, 2.75) is 19.3 Å². The largest absolute Gasteiger partial charge is 0.303 e. The molecule has 3 nitrogen and oxygen atoms in total. The van der Waals surface area contributed by atoms with Crippen molar-refractivity contribution in [3.8, 4) is 11.3 Å². The number of rotatable bonds is 4. The molecule has 1 heterocycles. The van der Waals surface area contributed by atoms with E-state index in [1.807, 2.05) is 18.2 Å². The molecule has 0 unspecified atom stereocenters. The summed E-state index contributed by atoms with van der Waals surface area (Å²) in [5.74, 6) is 0. The molecule has 0 bridgehead atoms. The molecule has 0 radical (unpaired) electrons. The number of aromatic nitrogens is 1. The molecule has 2 aromatic rings. The van der Waals surface area contributed by atoms with Crippen molar-refractivity contribution in [1.82, 2.24) is 10.4 Å². The molecule has 1 aromatic heterocycles. The van der Waals surface area contributed by atoms with E-state index >= 15 is 0 Å². The van der Waals surface area contributed by atoms with Crippen LogP contribution in [0.4, 0.5) is 5.13 Å². The van der Waals surface area contributed by atoms with E-state index in [9.17, 15) is 0 Å². The van der Waals surface area contributed by atoms with Gasteiger partial charge in [0.15, 0.2) is 0 Å². The van der Waals surface area contributed by atoms with Crippen molar-refractivity contribution in [1.29, 1.82) is 0 Å². The number of thiazole rings is 1. The van der Waals surface area contributed by atoms with Crippen molar-refractivity contribution in [3.05, 3.63) is 47.5 Å². The van der Waals surface area contributed by atoms with Crippen LogP contribution in [0.3, 0.4) is 0 Å². The molecule has 2 N–H and O–H groups in total. The number of hydrazine groups is 1. The lowest BCUT2D eigenvalue weighted by molar-refractivity contribution is 0.838. The van der Waals surface area contributed by atoms with Gasteiger partial charge in [-0.1, -0.05) is 36.4 Å². The first-order valence-electron chi connectivity index (χ1n) is 6.14. The number of nitrogens with zero attached hydrogens (tertiary/aromatic N) is 1. The predicted molar refractivity (Wildman–Crippen MR) is 76.2 cm³/mol. The summed E-state index contributed by atoms with van der Waals surface area (Å²) in [7, 11) is 0. The third-order valence-corrected chi connectivity index (χ3v) is 3.70. The molecule has 18 heavy (non-hydrogen) atoms. The highest BCUT2D eigenvalue weighted by Gasteiger charge is 2.06. The van der Waals surface area contributed by atoms with E-state index in [0.717, 1.165) is 22.8 Å². The smallest absolute Gasteiger partial charge is 0.202 e. The van der Waals surface area contributed by atoms with Gasteiger partial charge in [-0.2, -0.15) is 0 Å². The molecule has 0 fully saturated rings. The van der Waals surface area contributed by atoms with E-state index < -0.39 is 0 Å². The molecule has 0 atom stereocenters. The number of allylic oxidation sites excluding steroid dienone is 2. The monoisotopic (exact) mass is 257 g/mol. The zero-order valence-electron chi connectivity index (χ0n) is 10.0. The van der Waals surface area contributed by atoms with Gasteiger partial charge in [0.1, 0.15) is 0 Å². The summed E-state index contributed by atoms with van der Waals surface area (Å²) in [6, 6.07) is 10.2. The third-order valence-electron chi connectivity index (χ3n) is 2.94. The van der Waals surface area contributed by atoms with Crippen molar-refractivity contribution in [3.63, 3.8) is 0 Å². The summed E-state index contributed by atoms with van der Waals surface area (Å²) >= 11 is 1.62. The zero-order valence-corrected chi connectivity index (χ0v) is 10.8. The lowest BCUT2D eigenvalue weighted by Gasteiger charge is -2.06. The highest BCUT2D eigenvalue weighted by molar-refractivity contribution is 7.14. The van der Waals surface area contributed by atoms with Crippen LogP contribution in [-0.2, 0) is 0 Å². The Labute approximate surface area is 111 Å². The lowest BCUT2D eigenvalue weighted by Crippen LogP contribution is -2.19. The normalized spacial score (nSPS) is 14.3.